The first kappa shape index (κ1) is 34.3. The first-order valence-corrected chi connectivity index (χ1v) is 18.1. The van der Waals surface area contributed by atoms with E-state index in [1.54, 1.807) is 0 Å². The van der Waals surface area contributed by atoms with Gasteiger partial charge in [-0.1, -0.05) is 52.3 Å². The van der Waals surface area contributed by atoms with Crippen LogP contribution in [0.25, 0.3) is 29.9 Å². The van der Waals surface area contributed by atoms with Gasteiger partial charge >= 0.3 is 5.97 Å². The first-order chi connectivity index (χ1) is 23.5. The minimum absolute atomic E-state index is 0.00335. The Morgan fingerprint density at radius 1 is 0.939 bits per heavy atom. The van der Waals surface area contributed by atoms with Crippen LogP contribution in [0, 0.1) is 38.5 Å². The highest BCUT2D eigenvalue weighted by molar-refractivity contribution is 6.15. The molecule has 0 spiro atoms. The van der Waals surface area contributed by atoms with Crippen molar-refractivity contribution in [2.75, 3.05) is 6.61 Å². The third-order valence-electron chi connectivity index (χ3n) is 11.2. The average Bonchev–Trinajstić information content (AvgIpc) is 3.80. The number of allylic oxidation sites excluding steroid dienone is 4. The zero-order chi connectivity index (χ0) is 35.1. The van der Waals surface area contributed by atoms with Crippen LogP contribution in [-0.4, -0.2) is 33.3 Å². The van der Waals surface area contributed by atoms with Gasteiger partial charge in [-0.25, -0.2) is 0 Å². The molecule has 4 N–H and O–H groups in total. The molecule has 1 aliphatic carbocycles. The number of carbonyl (C=O) groups is 2. The van der Waals surface area contributed by atoms with E-state index in [1.165, 1.54) is 16.7 Å². The number of esters is 1. The minimum atomic E-state index is -0.307. The van der Waals surface area contributed by atoms with Crippen molar-refractivity contribution in [2.24, 2.45) is 17.8 Å². The summed E-state index contributed by atoms with van der Waals surface area (Å²) in [7, 11) is 0. The topological polar surface area (TPSA) is 103 Å². The number of ether oxygens (including phenoxy) is 1. The number of carbonyl (C=O) groups excluding carboxylic acids is 2. The highest BCUT2D eigenvalue weighted by Gasteiger charge is 2.43. The number of hydrogen-bond acceptors (Lipinski definition) is 4. The largest absolute Gasteiger partial charge is 0.461 e. The van der Waals surface area contributed by atoms with E-state index in [9.17, 15) is 9.59 Å². The molecule has 7 nitrogen and oxygen atoms in total. The Hall–Kier alpha value is -4.52. The van der Waals surface area contributed by atoms with Crippen LogP contribution in [0.15, 0.2) is 29.6 Å². The molecule has 49 heavy (non-hydrogen) atoms. The fraction of sp³-hybridized carbons (Fsp3) is 0.429. The Morgan fingerprint density at radius 2 is 1.67 bits per heavy atom. The van der Waals surface area contributed by atoms with Gasteiger partial charge in [-0.3, -0.25) is 9.59 Å². The number of unbranched alkanes of at least 4 members (excludes halogenated alkanes) is 1. The average molecular weight is 661 g/mol. The molecule has 3 aromatic rings. The van der Waals surface area contributed by atoms with Crippen LogP contribution in [0.4, 0.5) is 0 Å². The van der Waals surface area contributed by atoms with Gasteiger partial charge in [0.1, 0.15) is 6.61 Å². The van der Waals surface area contributed by atoms with Crippen molar-refractivity contribution in [3.05, 3.63) is 96.5 Å². The summed E-state index contributed by atoms with van der Waals surface area (Å²) in [5.74, 6) is -0.283. The number of nitrogens with one attached hydrogen (secondary N) is 4. The molecule has 258 valence electrons. The second-order valence-corrected chi connectivity index (χ2v) is 14.2. The molecule has 1 saturated heterocycles. The van der Waals surface area contributed by atoms with Gasteiger partial charge in [-0.2, -0.15) is 0 Å². The molecular weight excluding hydrogens is 608 g/mol. The van der Waals surface area contributed by atoms with Gasteiger partial charge in [0.2, 0.25) is 0 Å². The molecule has 3 aliphatic rings. The summed E-state index contributed by atoms with van der Waals surface area (Å²) in [6, 6.07) is 0. The third-order valence-corrected chi connectivity index (χ3v) is 11.2. The van der Waals surface area contributed by atoms with E-state index < -0.39 is 0 Å². The molecule has 1 fully saturated rings. The van der Waals surface area contributed by atoms with E-state index in [-0.39, 0.29) is 29.5 Å². The standard InChI is InChI=1S/C42H52N4O3/c1-10-13-14-22(4)17-18-49-37(47)16-15-30-25(7)33-19-31-23(5)28(11-2)35(43-31)20-32-24(6)29(12-3)36(44-32)21-34-26(8)39-41(46-34)38(40(30)45-33)27(9)42(39)48/h11,17,19-21,25,27,30,43-46H,2,10,12-16,18H2,1,3-9H3/b22-17+,32-20-,33-19-,36-21-,40-38-/t25-,27+,30-/m0/s1. The van der Waals surface area contributed by atoms with Crippen LogP contribution in [0.5, 0.6) is 0 Å². The van der Waals surface area contributed by atoms with Crippen molar-refractivity contribution in [2.45, 2.75) is 93.9 Å². The van der Waals surface area contributed by atoms with Crippen molar-refractivity contribution < 1.29 is 14.3 Å². The lowest BCUT2D eigenvalue weighted by Crippen LogP contribution is -2.16. The molecule has 0 saturated carbocycles. The highest BCUT2D eigenvalue weighted by Crippen LogP contribution is 2.47. The van der Waals surface area contributed by atoms with Crippen molar-refractivity contribution >= 4 is 41.6 Å². The van der Waals surface area contributed by atoms with Crippen molar-refractivity contribution in [1.29, 1.82) is 0 Å². The lowest BCUT2D eigenvalue weighted by Gasteiger charge is -2.19. The van der Waals surface area contributed by atoms with Gasteiger partial charge in [0.15, 0.2) is 5.78 Å². The van der Waals surface area contributed by atoms with Gasteiger partial charge in [0.05, 0.1) is 5.69 Å². The third kappa shape index (κ3) is 6.13. The number of rotatable bonds is 10. The van der Waals surface area contributed by atoms with Crippen molar-refractivity contribution in [3.63, 3.8) is 0 Å². The molecule has 8 bridgehead atoms. The summed E-state index contributed by atoms with van der Waals surface area (Å²) in [4.78, 5) is 38.1. The predicted molar refractivity (Wildman–Crippen MR) is 200 cm³/mol. The Morgan fingerprint density at radius 3 is 2.39 bits per heavy atom. The summed E-state index contributed by atoms with van der Waals surface area (Å²) in [5.41, 5.74) is 14.6. The number of Topliss-reactive ketones (excluding diaryl/α,β-unsaturated/α-hetero) is 1. The quantitative estimate of drug-likeness (QED) is 0.132. The second-order valence-electron chi connectivity index (χ2n) is 14.2. The number of ketones is 1. The summed E-state index contributed by atoms with van der Waals surface area (Å²) in [6.45, 7) is 21.5. The number of fused-ring (bicyclic) bond motifs is 7. The Bertz CT molecular complexity index is 2060. The Kier molecular flexibility index (Phi) is 9.65. The normalized spacial score (nSPS) is 23.8. The SMILES string of the molecule is C=Cc1c2[nH]c(c1C)/C=C1\N/C(=C3\c4[nH]c(c(C)c4C(=O)[C@@H]3C)/C=c3\[nH]/c(c(C)c3CC)=C\2)[C@@H](CCC(=O)OC/C=C(\C)CCCC)[C@@H]1C. The minimum Gasteiger partial charge on any atom is -0.461 e. The van der Waals surface area contributed by atoms with E-state index in [0.29, 0.717) is 19.4 Å². The van der Waals surface area contributed by atoms with Gasteiger partial charge < -0.3 is 25.0 Å². The first-order valence-electron chi connectivity index (χ1n) is 18.1. The van der Waals surface area contributed by atoms with Crippen LogP contribution in [0.3, 0.4) is 0 Å². The summed E-state index contributed by atoms with van der Waals surface area (Å²) >= 11 is 0. The van der Waals surface area contributed by atoms with Gasteiger partial charge in [-0.05, 0) is 99.9 Å². The van der Waals surface area contributed by atoms with Gasteiger partial charge in [0, 0.05) is 80.0 Å². The molecule has 7 heteroatoms. The number of H-pyrrole nitrogens is 3. The summed E-state index contributed by atoms with van der Waals surface area (Å²) in [6.07, 6.45) is 15.6. The molecule has 0 aromatic carbocycles. The van der Waals surface area contributed by atoms with Gasteiger partial charge in [-0.15, -0.1) is 0 Å². The summed E-state index contributed by atoms with van der Waals surface area (Å²) in [5, 5.41) is 5.90. The lowest BCUT2D eigenvalue weighted by atomic mass is 9.85. The highest BCUT2D eigenvalue weighted by atomic mass is 16.5. The Balaban J connectivity index is 1.48. The van der Waals surface area contributed by atoms with Crippen LogP contribution in [0.1, 0.15) is 128 Å². The zero-order valence-electron chi connectivity index (χ0n) is 30.5. The van der Waals surface area contributed by atoms with E-state index >= 15 is 0 Å². The molecule has 3 aromatic heterocycles. The van der Waals surface area contributed by atoms with Crippen molar-refractivity contribution in [1.82, 2.24) is 20.3 Å². The van der Waals surface area contributed by atoms with Crippen LogP contribution >= 0.6 is 0 Å². The lowest BCUT2D eigenvalue weighted by molar-refractivity contribution is -0.142. The van der Waals surface area contributed by atoms with E-state index in [2.05, 4.69) is 86.6 Å². The number of aromatic nitrogens is 3. The van der Waals surface area contributed by atoms with Crippen LogP contribution in [0.2, 0.25) is 0 Å². The molecule has 0 unspecified atom stereocenters. The smallest absolute Gasteiger partial charge is 0.306 e. The van der Waals surface area contributed by atoms with E-state index in [0.717, 1.165) is 98.4 Å². The van der Waals surface area contributed by atoms with Crippen molar-refractivity contribution in [3.8, 4) is 0 Å². The predicted octanol–water partition coefficient (Wildman–Crippen LogP) is 7.67. The van der Waals surface area contributed by atoms with Crippen LogP contribution in [-0.2, 0) is 16.0 Å². The fourth-order valence-electron chi connectivity index (χ4n) is 8.06. The Labute approximate surface area is 290 Å². The van der Waals surface area contributed by atoms with Crippen LogP contribution < -0.4 is 16.0 Å². The summed E-state index contributed by atoms with van der Waals surface area (Å²) < 4.78 is 5.66. The monoisotopic (exact) mass is 660 g/mol. The second kappa shape index (κ2) is 13.8. The number of aromatic amines is 3. The molecule has 0 radical (unpaired) electrons. The molecule has 0 amide bonds. The van der Waals surface area contributed by atoms with E-state index in [4.69, 9.17) is 4.74 Å². The molecule has 6 rings (SSSR count). The van der Waals surface area contributed by atoms with E-state index in [1.807, 2.05) is 26.0 Å². The maximum absolute atomic E-state index is 14.0. The maximum atomic E-state index is 14.0. The molecule has 3 atom stereocenters. The zero-order valence-corrected chi connectivity index (χ0v) is 30.5. The fourth-order valence-corrected chi connectivity index (χ4v) is 8.06. The molecule has 2 aliphatic heterocycles. The maximum Gasteiger partial charge on any atom is 0.306 e. The van der Waals surface area contributed by atoms with Gasteiger partial charge in [0.25, 0.3) is 0 Å². The number of hydrogen-bond donors (Lipinski definition) is 4. The molecular formula is C42H52N4O3. The molecule has 5 heterocycles.